The molecule has 0 aliphatic heterocycles. The minimum absolute atomic E-state index is 0.0396. The van der Waals surface area contributed by atoms with Gasteiger partial charge < -0.3 is 0 Å². The van der Waals surface area contributed by atoms with Gasteiger partial charge in [0.1, 0.15) is 0 Å². The summed E-state index contributed by atoms with van der Waals surface area (Å²) in [5.74, 6) is 0. The Morgan fingerprint density at radius 3 is 2.47 bits per heavy atom. The van der Waals surface area contributed by atoms with Gasteiger partial charge in [-0.3, -0.25) is 0 Å². The van der Waals surface area contributed by atoms with Gasteiger partial charge in [-0.25, -0.2) is 8.93 Å². The minimum atomic E-state index is -1.08. The second kappa shape index (κ2) is 7.41. The van der Waals surface area contributed by atoms with Crippen LogP contribution in [0.4, 0.5) is 0 Å². The maximum atomic E-state index is 12.1. The van der Waals surface area contributed by atoms with Gasteiger partial charge >= 0.3 is 0 Å². The lowest BCUT2D eigenvalue weighted by atomic mass is 10.1. The van der Waals surface area contributed by atoms with Gasteiger partial charge in [0, 0.05) is 6.04 Å². The fourth-order valence-corrected chi connectivity index (χ4v) is 2.25. The third kappa shape index (κ3) is 5.99. The molecular weight excluding hydrogens is 254 g/mol. The van der Waals surface area contributed by atoms with Crippen molar-refractivity contribution < 1.29 is 4.21 Å². The SMILES string of the molecule is C=CC[C@@H](/C=C/c1ccccc1)N[S@@](=O)C(C)(C)C. The van der Waals surface area contributed by atoms with Gasteiger partial charge in [0.25, 0.3) is 0 Å². The highest BCUT2D eigenvalue weighted by Gasteiger charge is 2.21. The van der Waals surface area contributed by atoms with Crippen molar-refractivity contribution in [2.24, 2.45) is 0 Å². The van der Waals surface area contributed by atoms with Crippen LogP contribution in [0.2, 0.25) is 0 Å². The molecule has 1 aromatic rings. The second-order valence-corrected chi connectivity index (χ2v) is 7.40. The van der Waals surface area contributed by atoms with Crippen molar-refractivity contribution in [1.29, 1.82) is 0 Å². The van der Waals surface area contributed by atoms with Crippen LogP contribution < -0.4 is 4.72 Å². The van der Waals surface area contributed by atoms with Crippen LogP contribution in [0.1, 0.15) is 32.8 Å². The van der Waals surface area contributed by atoms with Crippen LogP contribution in [0.25, 0.3) is 6.08 Å². The van der Waals surface area contributed by atoms with Crippen LogP contribution in [0.15, 0.2) is 49.1 Å². The highest BCUT2D eigenvalue weighted by molar-refractivity contribution is 7.84. The zero-order valence-electron chi connectivity index (χ0n) is 11.9. The molecule has 3 heteroatoms. The van der Waals surface area contributed by atoms with E-state index in [4.69, 9.17) is 0 Å². The average Bonchev–Trinajstić information content (AvgIpc) is 2.36. The van der Waals surface area contributed by atoms with Crippen LogP contribution in [0.3, 0.4) is 0 Å². The molecule has 0 unspecified atom stereocenters. The van der Waals surface area contributed by atoms with Crippen molar-refractivity contribution >= 4 is 17.1 Å². The van der Waals surface area contributed by atoms with Gasteiger partial charge in [0.2, 0.25) is 0 Å². The summed E-state index contributed by atoms with van der Waals surface area (Å²) in [6.45, 7) is 9.63. The Morgan fingerprint density at radius 2 is 1.95 bits per heavy atom. The highest BCUT2D eigenvalue weighted by Crippen LogP contribution is 2.11. The molecule has 1 rings (SSSR count). The molecule has 0 amide bonds. The summed E-state index contributed by atoms with van der Waals surface area (Å²) in [7, 11) is -1.08. The average molecular weight is 277 g/mol. The smallest absolute Gasteiger partial charge is 0.0975 e. The van der Waals surface area contributed by atoms with Crippen LogP contribution in [0.5, 0.6) is 0 Å². The van der Waals surface area contributed by atoms with Crippen molar-refractivity contribution in [1.82, 2.24) is 4.72 Å². The maximum absolute atomic E-state index is 12.1. The van der Waals surface area contributed by atoms with E-state index in [0.717, 1.165) is 12.0 Å². The number of benzene rings is 1. The molecule has 0 bridgehead atoms. The van der Waals surface area contributed by atoms with E-state index >= 15 is 0 Å². The molecule has 2 atom stereocenters. The summed E-state index contributed by atoms with van der Waals surface area (Å²) in [6.07, 6.45) is 6.68. The Balaban J connectivity index is 2.71. The predicted molar refractivity (Wildman–Crippen MR) is 85.1 cm³/mol. The standard InChI is InChI=1S/C16H23NOS/c1-5-9-15(17-19(18)16(2,3)4)13-12-14-10-7-6-8-11-14/h5-8,10-13,15,17H,1,9H2,2-4H3/b13-12+/t15-,19-/m0/s1. The van der Waals surface area contributed by atoms with Crippen LogP contribution in [0, 0.1) is 0 Å². The van der Waals surface area contributed by atoms with E-state index in [1.165, 1.54) is 0 Å². The first-order chi connectivity index (χ1) is 8.93. The minimum Gasteiger partial charge on any atom is -0.242 e. The fraction of sp³-hybridized carbons (Fsp3) is 0.375. The van der Waals surface area contributed by atoms with Gasteiger partial charge in [-0.2, -0.15) is 0 Å². The Hall–Kier alpha value is -1.19. The lowest BCUT2D eigenvalue weighted by molar-refractivity contribution is 0.622. The molecule has 2 nitrogen and oxygen atoms in total. The Bertz CT molecular complexity index is 446. The molecule has 0 heterocycles. The van der Waals surface area contributed by atoms with Gasteiger partial charge in [-0.1, -0.05) is 48.6 Å². The maximum Gasteiger partial charge on any atom is 0.0975 e. The lowest BCUT2D eigenvalue weighted by Crippen LogP contribution is -2.38. The highest BCUT2D eigenvalue weighted by atomic mass is 32.2. The number of nitrogens with one attached hydrogen (secondary N) is 1. The summed E-state index contributed by atoms with van der Waals surface area (Å²) < 4.78 is 15.0. The first-order valence-corrected chi connectivity index (χ1v) is 7.60. The fourth-order valence-electron chi connectivity index (χ4n) is 1.45. The molecule has 0 aliphatic carbocycles. The van der Waals surface area contributed by atoms with E-state index in [9.17, 15) is 4.21 Å². The van der Waals surface area contributed by atoms with Crippen molar-refractivity contribution in [2.75, 3.05) is 0 Å². The third-order valence-corrected chi connectivity index (χ3v) is 4.18. The zero-order chi connectivity index (χ0) is 14.3. The van der Waals surface area contributed by atoms with E-state index in [-0.39, 0.29) is 10.8 Å². The molecule has 0 aromatic heterocycles. The molecule has 1 aromatic carbocycles. The molecule has 0 fully saturated rings. The van der Waals surface area contributed by atoms with Gasteiger partial charge in [0.15, 0.2) is 0 Å². The quantitative estimate of drug-likeness (QED) is 0.789. The summed E-state index contributed by atoms with van der Waals surface area (Å²) in [5, 5.41) is 0. The second-order valence-electron chi connectivity index (χ2n) is 5.40. The summed E-state index contributed by atoms with van der Waals surface area (Å²) in [5.41, 5.74) is 1.14. The molecule has 1 N–H and O–H groups in total. The van der Waals surface area contributed by atoms with Crippen molar-refractivity contribution in [3.8, 4) is 0 Å². The topological polar surface area (TPSA) is 29.1 Å². The largest absolute Gasteiger partial charge is 0.242 e. The van der Waals surface area contributed by atoms with E-state index in [0.29, 0.717) is 0 Å². The van der Waals surface area contributed by atoms with Gasteiger partial charge in [-0.15, -0.1) is 6.58 Å². The normalized spacial score (nSPS) is 15.3. The Morgan fingerprint density at radius 1 is 1.32 bits per heavy atom. The number of hydrogen-bond donors (Lipinski definition) is 1. The van der Waals surface area contributed by atoms with E-state index in [1.807, 2.05) is 69.3 Å². The van der Waals surface area contributed by atoms with E-state index in [2.05, 4.69) is 11.3 Å². The van der Waals surface area contributed by atoms with Gasteiger partial charge in [-0.05, 0) is 32.8 Å². The van der Waals surface area contributed by atoms with Crippen LogP contribution in [-0.4, -0.2) is 15.0 Å². The molecule has 19 heavy (non-hydrogen) atoms. The van der Waals surface area contributed by atoms with Crippen molar-refractivity contribution in [3.63, 3.8) is 0 Å². The number of hydrogen-bond acceptors (Lipinski definition) is 1. The Labute approximate surface area is 119 Å². The predicted octanol–water partition coefficient (Wildman–Crippen LogP) is 3.70. The molecule has 0 spiro atoms. The van der Waals surface area contributed by atoms with Gasteiger partial charge in [0.05, 0.1) is 15.7 Å². The summed E-state index contributed by atoms with van der Waals surface area (Å²) in [4.78, 5) is 0. The zero-order valence-corrected chi connectivity index (χ0v) is 12.7. The number of rotatable bonds is 6. The molecule has 104 valence electrons. The van der Waals surface area contributed by atoms with Crippen molar-refractivity contribution in [2.45, 2.75) is 38.0 Å². The Kier molecular flexibility index (Phi) is 6.19. The molecular formula is C16H23NOS. The third-order valence-electron chi connectivity index (χ3n) is 2.56. The van der Waals surface area contributed by atoms with Crippen LogP contribution >= 0.6 is 0 Å². The summed E-state index contributed by atoms with van der Waals surface area (Å²) >= 11 is 0. The molecule has 0 aliphatic rings. The monoisotopic (exact) mass is 277 g/mol. The molecule has 0 saturated carbocycles. The van der Waals surface area contributed by atoms with E-state index in [1.54, 1.807) is 0 Å². The van der Waals surface area contributed by atoms with Crippen molar-refractivity contribution in [3.05, 3.63) is 54.6 Å². The first kappa shape index (κ1) is 15.9. The molecule has 0 radical (unpaired) electrons. The first-order valence-electron chi connectivity index (χ1n) is 6.45. The lowest BCUT2D eigenvalue weighted by Gasteiger charge is -2.21. The molecule has 0 saturated heterocycles. The van der Waals surface area contributed by atoms with E-state index < -0.39 is 11.0 Å². The van der Waals surface area contributed by atoms with Crippen LogP contribution in [-0.2, 0) is 11.0 Å². The summed E-state index contributed by atoms with van der Waals surface area (Å²) in [6, 6.07) is 10.1.